The summed E-state index contributed by atoms with van der Waals surface area (Å²) < 4.78 is 2.07. The summed E-state index contributed by atoms with van der Waals surface area (Å²) >= 11 is 0. The average Bonchev–Trinajstić information content (AvgIpc) is 2.92. The Hall–Kier alpha value is -2.88. The Labute approximate surface area is 115 Å². The molecule has 4 rings (SSSR count). The minimum Gasteiger partial charge on any atom is -0.399 e. The Balaban J connectivity index is 2.09. The third-order valence-corrected chi connectivity index (χ3v) is 3.45. The lowest BCUT2D eigenvalue weighted by atomic mass is 10.1. The lowest BCUT2D eigenvalue weighted by Crippen LogP contribution is -1.92. The van der Waals surface area contributed by atoms with Gasteiger partial charge < -0.3 is 5.73 Å². The standard InChI is InChI=1S/C16H12N4/c17-13-8-5-12(6-9-13)16-19-18-15-10-7-11-3-1-2-4-14(11)20(15)16/h1-10H,17H2. The molecule has 2 aromatic heterocycles. The van der Waals surface area contributed by atoms with Gasteiger partial charge in [0.05, 0.1) is 5.52 Å². The summed E-state index contributed by atoms with van der Waals surface area (Å²) in [5.41, 5.74) is 9.43. The van der Waals surface area contributed by atoms with Crippen molar-refractivity contribution in [1.29, 1.82) is 0 Å². The molecule has 4 nitrogen and oxygen atoms in total. The van der Waals surface area contributed by atoms with Gasteiger partial charge in [-0.1, -0.05) is 18.2 Å². The zero-order chi connectivity index (χ0) is 13.5. The van der Waals surface area contributed by atoms with E-state index in [1.165, 1.54) is 0 Å². The van der Waals surface area contributed by atoms with E-state index in [0.717, 1.165) is 33.6 Å². The highest BCUT2D eigenvalue weighted by atomic mass is 15.2. The van der Waals surface area contributed by atoms with Crippen LogP contribution in [0.4, 0.5) is 5.69 Å². The molecule has 0 aliphatic carbocycles. The number of nitrogen functional groups attached to an aromatic ring is 1. The summed E-state index contributed by atoms with van der Waals surface area (Å²) in [5, 5.41) is 9.73. The summed E-state index contributed by atoms with van der Waals surface area (Å²) in [4.78, 5) is 0. The number of hydrogen-bond acceptors (Lipinski definition) is 3. The molecule has 0 aliphatic heterocycles. The number of para-hydroxylation sites is 1. The van der Waals surface area contributed by atoms with Gasteiger partial charge in [-0.15, -0.1) is 10.2 Å². The summed E-state index contributed by atoms with van der Waals surface area (Å²) in [5.74, 6) is 0.830. The average molecular weight is 260 g/mol. The monoisotopic (exact) mass is 260 g/mol. The second kappa shape index (κ2) is 4.06. The van der Waals surface area contributed by atoms with Gasteiger partial charge in [-0.05, 0) is 47.9 Å². The molecule has 2 heterocycles. The number of aromatic nitrogens is 3. The Kier molecular flexibility index (Phi) is 2.23. The predicted molar refractivity (Wildman–Crippen MR) is 80.3 cm³/mol. The fourth-order valence-corrected chi connectivity index (χ4v) is 2.46. The number of hydrogen-bond donors (Lipinski definition) is 1. The van der Waals surface area contributed by atoms with Crippen LogP contribution in [0, 0.1) is 0 Å². The number of rotatable bonds is 1. The molecule has 0 saturated heterocycles. The number of nitrogens with zero attached hydrogens (tertiary/aromatic N) is 3. The van der Waals surface area contributed by atoms with E-state index < -0.39 is 0 Å². The molecule has 0 bridgehead atoms. The maximum atomic E-state index is 5.74. The topological polar surface area (TPSA) is 56.2 Å². The molecule has 2 aromatic carbocycles. The molecule has 4 aromatic rings. The van der Waals surface area contributed by atoms with E-state index in [2.05, 4.69) is 32.8 Å². The second-order valence-electron chi connectivity index (χ2n) is 4.73. The Morgan fingerprint density at radius 1 is 0.800 bits per heavy atom. The first kappa shape index (κ1) is 11.0. The van der Waals surface area contributed by atoms with Crippen molar-refractivity contribution in [2.24, 2.45) is 0 Å². The molecule has 20 heavy (non-hydrogen) atoms. The Morgan fingerprint density at radius 3 is 2.45 bits per heavy atom. The van der Waals surface area contributed by atoms with Crippen LogP contribution in [0.1, 0.15) is 0 Å². The Morgan fingerprint density at radius 2 is 1.60 bits per heavy atom. The molecule has 96 valence electrons. The molecule has 0 aliphatic rings. The maximum Gasteiger partial charge on any atom is 0.168 e. The van der Waals surface area contributed by atoms with Gasteiger partial charge in [-0.25, -0.2) is 0 Å². The van der Waals surface area contributed by atoms with Gasteiger partial charge in [0.15, 0.2) is 11.5 Å². The van der Waals surface area contributed by atoms with Crippen molar-refractivity contribution in [3.05, 3.63) is 60.7 Å². The normalized spacial score (nSPS) is 11.2. The van der Waals surface area contributed by atoms with Crippen LogP contribution >= 0.6 is 0 Å². The summed E-state index contributed by atoms with van der Waals surface area (Å²) in [6.45, 7) is 0. The number of pyridine rings is 1. The van der Waals surface area contributed by atoms with Crippen molar-refractivity contribution in [3.63, 3.8) is 0 Å². The van der Waals surface area contributed by atoms with Crippen LogP contribution in [-0.2, 0) is 0 Å². The number of fused-ring (bicyclic) bond motifs is 3. The van der Waals surface area contributed by atoms with Crippen LogP contribution in [0.3, 0.4) is 0 Å². The quantitative estimate of drug-likeness (QED) is 0.535. The number of anilines is 1. The van der Waals surface area contributed by atoms with Gasteiger partial charge in [0.25, 0.3) is 0 Å². The molecule has 2 N–H and O–H groups in total. The molecule has 0 atom stereocenters. The van der Waals surface area contributed by atoms with Crippen LogP contribution in [-0.4, -0.2) is 14.6 Å². The minimum atomic E-state index is 0.743. The zero-order valence-corrected chi connectivity index (χ0v) is 10.7. The van der Waals surface area contributed by atoms with Crippen molar-refractivity contribution in [3.8, 4) is 11.4 Å². The maximum absolute atomic E-state index is 5.74. The fraction of sp³-hybridized carbons (Fsp3) is 0. The molecule has 4 heteroatoms. The van der Waals surface area contributed by atoms with E-state index in [1.807, 2.05) is 42.5 Å². The van der Waals surface area contributed by atoms with Gasteiger partial charge >= 0.3 is 0 Å². The summed E-state index contributed by atoms with van der Waals surface area (Å²) in [6, 6.07) is 19.9. The lowest BCUT2D eigenvalue weighted by Gasteiger charge is -2.05. The minimum absolute atomic E-state index is 0.743. The summed E-state index contributed by atoms with van der Waals surface area (Å²) in [7, 11) is 0. The third kappa shape index (κ3) is 1.55. The fourth-order valence-electron chi connectivity index (χ4n) is 2.46. The Bertz CT molecular complexity index is 907. The van der Waals surface area contributed by atoms with Crippen LogP contribution in [0.15, 0.2) is 60.7 Å². The molecule has 0 saturated carbocycles. The van der Waals surface area contributed by atoms with Gasteiger partial charge in [-0.2, -0.15) is 0 Å². The van der Waals surface area contributed by atoms with Gasteiger partial charge in [0.1, 0.15) is 0 Å². The molecule has 0 unspecified atom stereocenters. The van der Waals surface area contributed by atoms with Crippen LogP contribution < -0.4 is 5.73 Å². The lowest BCUT2D eigenvalue weighted by molar-refractivity contribution is 1.12. The van der Waals surface area contributed by atoms with E-state index in [4.69, 9.17) is 5.73 Å². The van der Waals surface area contributed by atoms with Crippen molar-refractivity contribution in [2.45, 2.75) is 0 Å². The van der Waals surface area contributed by atoms with E-state index in [-0.39, 0.29) is 0 Å². The van der Waals surface area contributed by atoms with Crippen molar-refractivity contribution in [2.75, 3.05) is 5.73 Å². The van der Waals surface area contributed by atoms with E-state index in [1.54, 1.807) is 0 Å². The molecule has 0 fully saturated rings. The van der Waals surface area contributed by atoms with Crippen LogP contribution in [0.2, 0.25) is 0 Å². The van der Waals surface area contributed by atoms with Crippen LogP contribution in [0.25, 0.3) is 27.9 Å². The van der Waals surface area contributed by atoms with Gasteiger partial charge in [0, 0.05) is 11.3 Å². The first-order valence-electron chi connectivity index (χ1n) is 6.42. The van der Waals surface area contributed by atoms with E-state index >= 15 is 0 Å². The zero-order valence-electron chi connectivity index (χ0n) is 10.7. The highest BCUT2D eigenvalue weighted by Gasteiger charge is 2.10. The SMILES string of the molecule is Nc1ccc(-c2nnc3ccc4ccccc4n23)cc1. The van der Waals surface area contributed by atoms with Gasteiger partial charge in [-0.3, -0.25) is 4.40 Å². The first-order valence-corrected chi connectivity index (χ1v) is 6.42. The number of benzene rings is 2. The number of nitrogens with two attached hydrogens (primary N) is 1. The van der Waals surface area contributed by atoms with Crippen molar-refractivity contribution in [1.82, 2.24) is 14.6 Å². The highest BCUT2D eigenvalue weighted by Crippen LogP contribution is 2.24. The summed E-state index contributed by atoms with van der Waals surface area (Å²) in [6.07, 6.45) is 0. The van der Waals surface area contributed by atoms with Crippen molar-refractivity contribution < 1.29 is 0 Å². The van der Waals surface area contributed by atoms with Crippen molar-refractivity contribution >= 4 is 22.2 Å². The third-order valence-electron chi connectivity index (χ3n) is 3.45. The largest absolute Gasteiger partial charge is 0.399 e. The molecule has 0 amide bonds. The molecule has 0 radical (unpaired) electrons. The van der Waals surface area contributed by atoms with Crippen LogP contribution in [0.5, 0.6) is 0 Å². The van der Waals surface area contributed by atoms with E-state index in [9.17, 15) is 0 Å². The highest BCUT2D eigenvalue weighted by molar-refractivity contribution is 5.84. The first-order chi connectivity index (χ1) is 9.83. The molecule has 0 spiro atoms. The second-order valence-corrected chi connectivity index (χ2v) is 4.73. The molecular formula is C16H12N4. The smallest absolute Gasteiger partial charge is 0.168 e. The predicted octanol–water partition coefficient (Wildman–Crippen LogP) is 3.13. The molecular weight excluding hydrogens is 248 g/mol. The van der Waals surface area contributed by atoms with Gasteiger partial charge in [0.2, 0.25) is 0 Å². The van der Waals surface area contributed by atoms with E-state index in [0.29, 0.717) is 0 Å².